The molecule has 0 bridgehead atoms. The third-order valence-corrected chi connectivity index (χ3v) is 5.31. The van der Waals surface area contributed by atoms with Crippen molar-refractivity contribution in [1.82, 2.24) is 0 Å². The van der Waals surface area contributed by atoms with Crippen LogP contribution in [0.3, 0.4) is 0 Å². The van der Waals surface area contributed by atoms with Crippen LogP contribution in [0, 0.1) is 0 Å². The van der Waals surface area contributed by atoms with E-state index in [2.05, 4.69) is 19.1 Å². The van der Waals surface area contributed by atoms with Gasteiger partial charge in [-0.2, -0.15) is 0 Å². The fourth-order valence-corrected chi connectivity index (χ4v) is 3.52. The van der Waals surface area contributed by atoms with Crippen molar-refractivity contribution in [2.45, 2.75) is 91.1 Å². The summed E-state index contributed by atoms with van der Waals surface area (Å²) < 4.78 is 0. The summed E-state index contributed by atoms with van der Waals surface area (Å²) in [6, 6.07) is 16.3. The van der Waals surface area contributed by atoms with Crippen molar-refractivity contribution in [3.05, 3.63) is 70.8 Å². The number of hydrogen-bond donors (Lipinski definition) is 2. The molecule has 0 heterocycles. The molecule has 0 aliphatic carbocycles. The van der Waals surface area contributed by atoms with Gasteiger partial charge in [-0.1, -0.05) is 114 Å². The van der Waals surface area contributed by atoms with Crippen LogP contribution in [0.4, 0.5) is 0 Å². The van der Waals surface area contributed by atoms with Crippen molar-refractivity contribution in [3.8, 4) is 0 Å². The van der Waals surface area contributed by atoms with E-state index in [1.165, 1.54) is 56.9 Å². The van der Waals surface area contributed by atoms with Crippen LogP contribution in [0.15, 0.2) is 48.5 Å². The summed E-state index contributed by atoms with van der Waals surface area (Å²) in [5, 5.41) is 19.6. The molecule has 0 aliphatic rings. The second kappa shape index (κ2) is 16.2. The van der Waals surface area contributed by atoms with Crippen molar-refractivity contribution in [2.75, 3.05) is 6.61 Å². The van der Waals surface area contributed by atoms with Gasteiger partial charge >= 0.3 is 0 Å². The van der Waals surface area contributed by atoms with Gasteiger partial charge in [0, 0.05) is 6.61 Å². The maximum absolute atomic E-state index is 10.6. The van der Waals surface area contributed by atoms with Crippen LogP contribution < -0.4 is 0 Å². The molecule has 0 saturated heterocycles. The summed E-state index contributed by atoms with van der Waals surface area (Å²) >= 11 is 0. The van der Waals surface area contributed by atoms with Gasteiger partial charge in [0.1, 0.15) is 6.10 Å². The first-order valence-electron chi connectivity index (χ1n) is 11.7. The SMILES string of the molecule is CC.CCCCCCCCCCc1ccc(C(O)c2ccc(CCO)cc2)cc1. The van der Waals surface area contributed by atoms with Crippen molar-refractivity contribution in [3.63, 3.8) is 0 Å². The highest BCUT2D eigenvalue weighted by Gasteiger charge is 2.10. The Morgan fingerprint density at radius 2 is 1.03 bits per heavy atom. The van der Waals surface area contributed by atoms with E-state index < -0.39 is 6.10 Å². The Kier molecular flexibility index (Phi) is 14.2. The topological polar surface area (TPSA) is 40.5 Å². The van der Waals surface area contributed by atoms with Gasteiger partial charge in [-0.15, -0.1) is 0 Å². The molecule has 2 rings (SSSR count). The number of aryl methyl sites for hydroxylation is 1. The van der Waals surface area contributed by atoms with E-state index in [0.29, 0.717) is 6.42 Å². The smallest absolute Gasteiger partial charge is 0.104 e. The van der Waals surface area contributed by atoms with Gasteiger partial charge in [0.05, 0.1) is 0 Å². The van der Waals surface area contributed by atoms with Crippen LogP contribution in [0.25, 0.3) is 0 Å². The first kappa shape index (κ1) is 25.4. The first-order chi connectivity index (χ1) is 14.2. The molecule has 2 aromatic carbocycles. The van der Waals surface area contributed by atoms with Crippen LogP contribution in [-0.4, -0.2) is 16.8 Å². The van der Waals surface area contributed by atoms with Crippen LogP contribution in [0.2, 0.25) is 0 Å². The van der Waals surface area contributed by atoms with E-state index in [-0.39, 0.29) is 6.61 Å². The minimum Gasteiger partial charge on any atom is -0.396 e. The average Bonchev–Trinajstić information content (AvgIpc) is 2.78. The highest BCUT2D eigenvalue weighted by Crippen LogP contribution is 2.23. The van der Waals surface area contributed by atoms with Crippen LogP contribution in [0.5, 0.6) is 0 Å². The van der Waals surface area contributed by atoms with Crippen LogP contribution in [0.1, 0.15) is 100 Å². The largest absolute Gasteiger partial charge is 0.396 e. The summed E-state index contributed by atoms with van der Waals surface area (Å²) in [4.78, 5) is 0. The average molecular weight is 399 g/mol. The summed E-state index contributed by atoms with van der Waals surface area (Å²) in [6.07, 6.45) is 12.0. The number of unbranched alkanes of at least 4 members (excludes halogenated alkanes) is 7. The van der Waals surface area contributed by atoms with Crippen LogP contribution >= 0.6 is 0 Å². The molecule has 1 unspecified atom stereocenters. The molecule has 1 atom stereocenters. The zero-order valence-electron chi connectivity index (χ0n) is 18.9. The Bertz CT molecular complexity index is 616. The third-order valence-electron chi connectivity index (χ3n) is 5.31. The number of hydrogen-bond acceptors (Lipinski definition) is 2. The molecule has 29 heavy (non-hydrogen) atoms. The predicted molar refractivity (Wildman–Crippen MR) is 125 cm³/mol. The second-order valence-corrected chi connectivity index (χ2v) is 7.58. The zero-order chi connectivity index (χ0) is 21.3. The van der Waals surface area contributed by atoms with Gasteiger partial charge < -0.3 is 10.2 Å². The Hall–Kier alpha value is -1.64. The molecule has 2 N–H and O–H groups in total. The Morgan fingerprint density at radius 3 is 1.48 bits per heavy atom. The van der Waals surface area contributed by atoms with E-state index in [9.17, 15) is 5.11 Å². The highest BCUT2D eigenvalue weighted by atomic mass is 16.3. The van der Waals surface area contributed by atoms with Crippen LogP contribution in [-0.2, 0) is 12.8 Å². The lowest BCUT2D eigenvalue weighted by molar-refractivity contribution is 0.220. The molecular weight excluding hydrogens is 356 g/mol. The fourth-order valence-electron chi connectivity index (χ4n) is 3.52. The molecule has 0 saturated carbocycles. The summed E-state index contributed by atoms with van der Waals surface area (Å²) in [6.45, 7) is 6.42. The quantitative estimate of drug-likeness (QED) is 0.356. The molecule has 0 aromatic heterocycles. The monoisotopic (exact) mass is 398 g/mol. The molecule has 0 aliphatic heterocycles. The van der Waals surface area contributed by atoms with Gasteiger partial charge in [-0.3, -0.25) is 0 Å². The Balaban J connectivity index is 0.00000204. The lowest BCUT2D eigenvalue weighted by atomic mass is 9.97. The second-order valence-electron chi connectivity index (χ2n) is 7.58. The van der Waals surface area contributed by atoms with E-state index in [4.69, 9.17) is 5.11 Å². The van der Waals surface area contributed by atoms with Crippen molar-refractivity contribution < 1.29 is 10.2 Å². The standard InChI is InChI=1S/C25H36O2.C2H6/c1-2-3-4-5-6-7-8-9-10-21-11-15-23(16-12-21)25(27)24-17-13-22(14-18-24)19-20-26;1-2/h11-18,25-27H,2-10,19-20H2,1H3;1-2H3. The zero-order valence-corrected chi connectivity index (χ0v) is 18.9. The molecule has 2 aromatic rings. The third kappa shape index (κ3) is 10.1. The summed E-state index contributed by atoms with van der Waals surface area (Å²) in [5.74, 6) is 0. The van der Waals surface area contributed by atoms with Crippen molar-refractivity contribution in [2.24, 2.45) is 0 Å². The fraction of sp³-hybridized carbons (Fsp3) is 0.556. The van der Waals surface area contributed by atoms with Gasteiger partial charge in [0.25, 0.3) is 0 Å². The highest BCUT2D eigenvalue weighted by molar-refractivity contribution is 5.33. The summed E-state index contributed by atoms with van der Waals surface area (Å²) in [5.41, 5.74) is 4.28. The molecule has 2 nitrogen and oxygen atoms in total. The molecule has 0 amide bonds. The maximum atomic E-state index is 10.6. The van der Waals surface area contributed by atoms with Gasteiger partial charge in [0.2, 0.25) is 0 Å². The molecule has 2 heteroatoms. The molecule has 0 fully saturated rings. The minimum atomic E-state index is -0.592. The van der Waals surface area contributed by atoms with Crippen molar-refractivity contribution in [1.29, 1.82) is 0 Å². The van der Waals surface area contributed by atoms with E-state index in [1.54, 1.807) is 0 Å². The molecular formula is C27H42O2. The number of aliphatic hydroxyl groups excluding tert-OH is 2. The molecule has 0 radical (unpaired) electrons. The van der Waals surface area contributed by atoms with Gasteiger partial charge in [-0.05, 0) is 41.5 Å². The van der Waals surface area contributed by atoms with Gasteiger partial charge in [0.15, 0.2) is 0 Å². The summed E-state index contributed by atoms with van der Waals surface area (Å²) in [7, 11) is 0. The number of benzene rings is 2. The van der Waals surface area contributed by atoms with E-state index in [0.717, 1.165) is 23.1 Å². The molecule has 162 valence electrons. The predicted octanol–water partition coefficient (Wildman–Crippen LogP) is 7.01. The molecule has 0 spiro atoms. The lowest BCUT2D eigenvalue weighted by Gasteiger charge is -2.13. The van der Waals surface area contributed by atoms with Gasteiger partial charge in [-0.25, -0.2) is 0 Å². The minimum absolute atomic E-state index is 0.155. The Labute approximate surface area is 179 Å². The maximum Gasteiger partial charge on any atom is 0.104 e. The Morgan fingerprint density at radius 1 is 0.621 bits per heavy atom. The first-order valence-corrected chi connectivity index (χ1v) is 11.7. The normalized spacial score (nSPS) is 11.6. The van der Waals surface area contributed by atoms with E-state index in [1.807, 2.05) is 50.2 Å². The lowest BCUT2D eigenvalue weighted by Crippen LogP contribution is -2.00. The van der Waals surface area contributed by atoms with Crippen molar-refractivity contribution >= 4 is 0 Å². The van der Waals surface area contributed by atoms with E-state index >= 15 is 0 Å². The number of rotatable bonds is 13. The number of aliphatic hydroxyl groups is 2.